The summed E-state index contributed by atoms with van der Waals surface area (Å²) in [6.45, 7) is 3.11. The van der Waals surface area contributed by atoms with E-state index in [2.05, 4.69) is 12.2 Å². The Bertz CT molecular complexity index is 450. The minimum absolute atomic E-state index is 0.00941. The quantitative estimate of drug-likeness (QED) is 0.767. The lowest BCUT2D eigenvalue weighted by Crippen LogP contribution is -2.58. The van der Waals surface area contributed by atoms with E-state index in [1.165, 1.54) is 19.3 Å². The molecule has 3 fully saturated rings. The number of hydrogen-bond acceptors (Lipinski definition) is 3. The highest BCUT2D eigenvalue weighted by Gasteiger charge is 2.39. The molecule has 6 nitrogen and oxygen atoms in total. The molecular formula is C17H30N4O2. The number of carbonyl (C=O) groups excluding carboxylic acids is 2. The van der Waals surface area contributed by atoms with Crippen LogP contribution in [0.5, 0.6) is 0 Å². The van der Waals surface area contributed by atoms with Crippen molar-refractivity contribution in [1.29, 1.82) is 0 Å². The number of fused-ring (bicyclic) bond motifs is 1. The standard InChI is InChI=1S/C17H30N4O2/c1-12-7-8-14-9-10-20(11-15(18)16(22)21(12)14)17(23)19-13-5-3-2-4-6-13/h12-15H,2-11,18H2,1H3,(H,19,23)/t12?,14-,15?/m1/s1. The molecular weight excluding hydrogens is 292 g/mol. The fraction of sp³-hybridized carbons (Fsp3) is 0.882. The summed E-state index contributed by atoms with van der Waals surface area (Å²) in [6, 6.07) is 0.168. The van der Waals surface area contributed by atoms with E-state index in [1.807, 2.05) is 4.90 Å². The number of nitrogens with one attached hydrogen (secondary N) is 1. The van der Waals surface area contributed by atoms with Gasteiger partial charge in [-0.15, -0.1) is 0 Å². The van der Waals surface area contributed by atoms with Crippen LogP contribution in [0.15, 0.2) is 0 Å². The second-order valence-corrected chi connectivity index (χ2v) is 7.45. The van der Waals surface area contributed by atoms with Gasteiger partial charge in [-0.2, -0.15) is 0 Å². The lowest BCUT2D eigenvalue weighted by molar-refractivity contribution is -0.136. The predicted octanol–water partition coefficient (Wildman–Crippen LogP) is 1.44. The molecule has 0 radical (unpaired) electrons. The number of rotatable bonds is 1. The molecule has 1 saturated carbocycles. The Morgan fingerprint density at radius 2 is 1.87 bits per heavy atom. The van der Waals surface area contributed by atoms with Gasteiger partial charge in [0.15, 0.2) is 0 Å². The van der Waals surface area contributed by atoms with Gasteiger partial charge in [-0.3, -0.25) is 4.79 Å². The van der Waals surface area contributed by atoms with Crippen molar-refractivity contribution in [1.82, 2.24) is 15.1 Å². The summed E-state index contributed by atoms with van der Waals surface area (Å²) in [5, 5.41) is 3.15. The van der Waals surface area contributed by atoms with E-state index in [4.69, 9.17) is 5.73 Å². The summed E-state index contributed by atoms with van der Waals surface area (Å²) in [4.78, 5) is 28.9. The van der Waals surface area contributed by atoms with E-state index in [-0.39, 0.29) is 30.1 Å². The van der Waals surface area contributed by atoms with Crippen molar-refractivity contribution in [3.05, 3.63) is 0 Å². The summed E-state index contributed by atoms with van der Waals surface area (Å²) >= 11 is 0. The first-order chi connectivity index (χ1) is 11.1. The van der Waals surface area contributed by atoms with Crippen LogP contribution in [0.1, 0.15) is 58.3 Å². The molecule has 23 heavy (non-hydrogen) atoms. The van der Waals surface area contributed by atoms with Crippen molar-refractivity contribution < 1.29 is 9.59 Å². The van der Waals surface area contributed by atoms with Crippen molar-refractivity contribution in [2.45, 2.75) is 82.5 Å². The summed E-state index contributed by atoms with van der Waals surface area (Å²) in [5.41, 5.74) is 6.11. The highest BCUT2D eigenvalue weighted by Crippen LogP contribution is 2.28. The first kappa shape index (κ1) is 16.6. The van der Waals surface area contributed by atoms with Gasteiger partial charge in [-0.1, -0.05) is 19.3 Å². The third-order valence-electron chi connectivity index (χ3n) is 5.73. The molecule has 0 aromatic heterocycles. The van der Waals surface area contributed by atoms with Crippen LogP contribution in [-0.2, 0) is 4.79 Å². The van der Waals surface area contributed by atoms with Crippen LogP contribution >= 0.6 is 0 Å². The van der Waals surface area contributed by atoms with E-state index in [9.17, 15) is 9.59 Å². The zero-order valence-electron chi connectivity index (χ0n) is 14.2. The minimum atomic E-state index is -0.601. The average molecular weight is 322 g/mol. The van der Waals surface area contributed by atoms with Crippen LogP contribution in [0.2, 0.25) is 0 Å². The summed E-state index contributed by atoms with van der Waals surface area (Å²) in [7, 11) is 0. The maximum Gasteiger partial charge on any atom is 0.317 e. The topological polar surface area (TPSA) is 78.7 Å². The molecule has 0 aromatic carbocycles. The van der Waals surface area contributed by atoms with Gasteiger partial charge in [0, 0.05) is 31.2 Å². The molecule has 3 atom stereocenters. The van der Waals surface area contributed by atoms with E-state index >= 15 is 0 Å². The van der Waals surface area contributed by atoms with Gasteiger partial charge in [0.25, 0.3) is 0 Å². The molecule has 0 bridgehead atoms. The number of urea groups is 1. The van der Waals surface area contributed by atoms with Crippen molar-refractivity contribution in [2.75, 3.05) is 13.1 Å². The van der Waals surface area contributed by atoms with Gasteiger partial charge in [-0.25, -0.2) is 4.79 Å². The Balaban J connectivity index is 1.62. The second kappa shape index (κ2) is 7.07. The fourth-order valence-electron chi connectivity index (χ4n) is 4.35. The first-order valence-electron chi connectivity index (χ1n) is 9.19. The number of nitrogens with zero attached hydrogens (tertiary/aromatic N) is 2. The lowest BCUT2D eigenvalue weighted by Gasteiger charge is -2.37. The van der Waals surface area contributed by atoms with Crippen LogP contribution in [0.4, 0.5) is 4.79 Å². The normalized spacial score (nSPS) is 33.1. The maximum atomic E-state index is 12.6. The predicted molar refractivity (Wildman–Crippen MR) is 88.9 cm³/mol. The Morgan fingerprint density at radius 3 is 2.61 bits per heavy atom. The Labute approximate surface area is 138 Å². The highest BCUT2D eigenvalue weighted by molar-refractivity contribution is 5.84. The fourth-order valence-corrected chi connectivity index (χ4v) is 4.35. The van der Waals surface area contributed by atoms with Crippen LogP contribution < -0.4 is 11.1 Å². The highest BCUT2D eigenvalue weighted by atomic mass is 16.2. The van der Waals surface area contributed by atoms with E-state index in [1.54, 1.807) is 4.90 Å². The Kier molecular flexibility index (Phi) is 5.09. The van der Waals surface area contributed by atoms with Crippen molar-refractivity contribution in [3.8, 4) is 0 Å². The number of amides is 3. The van der Waals surface area contributed by atoms with E-state index in [0.717, 1.165) is 32.1 Å². The van der Waals surface area contributed by atoms with Crippen LogP contribution in [-0.4, -0.2) is 59.0 Å². The van der Waals surface area contributed by atoms with E-state index in [0.29, 0.717) is 13.1 Å². The van der Waals surface area contributed by atoms with Crippen LogP contribution in [0.3, 0.4) is 0 Å². The van der Waals surface area contributed by atoms with Crippen LogP contribution in [0, 0.1) is 0 Å². The number of nitrogens with two attached hydrogens (primary N) is 1. The molecule has 2 unspecified atom stereocenters. The van der Waals surface area contributed by atoms with Gasteiger partial charge in [0.2, 0.25) is 5.91 Å². The number of carbonyl (C=O) groups is 2. The zero-order chi connectivity index (χ0) is 16.4. The smallest absolute Gasteiger partial charge is 0.317 e. The second-order valence-electron chi connectivity index (χ2n) is 7.45. The average Bonchev–Trinajstić information content (AvgIpc) is 2.90. The van der Waals surface area contributed by atoms with Crippen molar-refractivity contribution in [2.24, 2.45) is 5.73 Å². The lowest BCUT2D eigenvalue weighted by atomic mass is 9.96. The summed E-state index contributed by atoms with van der Waals surface area (Å²) in [5.74, 6) is 0.00941. The van der Waals surface area contributed by atoms with Crippen LogP contribution in [0.25, 0.3) is 0 Å². The molecule has 3 aliphatic rings. The molecule has 3 amide bonds. The van der Waals surface area contributed by atoms with Crippen molar-refractivity contribution >= 4 is 11.9 Å². The SMILES string of the molecule is CC1CC[C@@H]2CCN(C(=O)NC3CCCCC3)CC(N)C(=O)N12. The number of hydrogen-bond donors (Lipinski definition) is 2. The van der Waals surface area contributed by atoms with Gasteiger partial charge < -0.3 is 20.9 Å². The van der Waals surface area contributed by atoms with Gasteiger partial charge >= 0.3 is 6.03 Å². The molecule has 2 aliphatic heterocycles. The summed E-state index contributed by atoms with van der Waals surface area (Å²) < 4.78 is 0. The molecule has 130 valence electrons. The summed E-state index contributed by atoms with van der Waals surface area (Å²) in [6.07, 6.45) is 8.72. The Hall–Kier alpha value is -1.30. The largest absolute Gasteiger partial charge is 0.336 e. The first-order valence-corrected chi connectivity index (χ1v) is 9.19. The third-order valence-corrected chi connectivity index (χ3v) is 5.73. The molecule has 6 heteroatoms. The van der Waals surface area contributed by atoms with Gasteiger partial charge in [0.1, 0.15) is 6.04 Å². The maximum absolute atomic E-state index is 12.6. The molecule has 1 aliphatic carbocycles. The van der Waals surface area contributed by atoms with Crippen molar-refractivity contribution in [3.63, 3.8) is 0 Å². The van der Waals surface area contributed by atoms with Gasteiger partial charge in [-0.05, 0) is 39.0 Å². The molecule has 2 heterocycles. The van der Waals surface area contributed by atoms with E-state index < -0.39 is 6.04 Å². The minimum Gasteiger partial charge on any atom is -0.336 e. The third kappa shape index (κ3) is 3.62. The molecule has 3 N–H and O–H groups in total. The Morgan fingerprint density at radius 1 is 1.13 bits per heavy atom. The zero-order valence-corrected chi connectivity index (χ0v) is 14.2. The molecule has 0 spiro atoms. The molecule has 0 aromatic rings. The van der Waals surface area contributed by atoms with Gasteiger partial charge in [0.05, 0.1) is 0 Å². The monoisotopic (exact) mass is 322 g/mol. The molecule has 2 saturated heterocycles. The molecule has 3 rings (SSSR count).